The fourth-order valence-electron chi connectivity index (χ4n) is 3.11. The molecule has 0 amide bonds. The van der Waals surface area contributed by atoms with Crippen LogP contribution >= 0.6 is 0 Å². The number of phenolic OH excluding ortho intramolecular Hbond substituents is 1. The molecule has 3 aromatic carbocycles. The Bertz CT molecular complexity index is 1080. The van der Waals surface area contributed by atoms with Crippen LogP contribution in [0.3, 0.4) is 0 Å². The van der Waals surface area contributed by atoms with Crippen molar-refractivity contribution in [1.29, 1.82) is 0 Å². The normalized spacial score (nSPS) is 11.4. The molecule has 0 saturated carbocycles. The lowest BCUT2D eigenvalue weighted by Crippen LogP contribution is -1.97. The Morgan fingerprint density at radius 1 is 1.00 bits per heavy atom. The van der Waals surface area contributed by atoms with E-state index in [1.807, 2.05) is 36.7 Å². The Kier molecular flexibility index (Phi) is 4.23. The third-order valence-electron chi connectivity index (χ3n) is 4.46. The highest BCUT2D eigenvalue weighted by Gasteiger charge is 2.05. The quantitative estimate of drug-likeness (QED) is 0.555. The number of hydrogen-bond acceptors (Lipinski definition) is 3. The van der Waals surface area contributed by atoms with Gasteiger partial charge in [-0.05, 0) is 41.0 Å². The summed E-state index contributed by atoms with van der Waals surface area (Å²) in [5.74, 6) is 0.239. The molecule has 0 fully saturated rings. The van der Waals surface area contributed by atoms with Crippen LogP contribution in [-0.4, -0.2) is 27.9 Å². The third kappa shape index (κ3) is 3.09. The van der Waals surface area contributed by atoms with Gasteiger partial charge < -0.3 is 9.67 Å². The molecule has 1 aromatic heterocycles. The fourth-order valence-corrected chi connectivity index (χ4v) is 3.11. The minimum absolute atomic E-state index is 0.239. The monoisotopic (exact) mass is 341 g/mol. The van der Waals surface area contributed by atoms with Crippen molar-refractivity contribution in [1.82, 2.24) is 9.55 Å². The zero-order valence-electron chi connectivity index (χ0n) is 14.5. The van der Waals surface area contributed by atoms with Crippen LogP contribution in [0, 0.1) is 0 Å². The van der Waals surface area contributed by atoms with Crippen LogP contribution in [0.2, 0.25) is 0 Å². The average Bonchev–Trinajstić information content (AvgIpc) is 3.08. The summed E-state index contributed by atoms with van der Waals surface area (Å²) in [4.78, 5) is 8.43. The number of aliphatic imine (C=N–C) groups is 1. The maximum atomic E-state index is 9.89. The molecule has 0 radical (unpaired) electrons. The molecule has 0 aliphatic rings. The zero-order valence-corrected chi connectivity index (χ0v) is 14.5. The van der Waals surface area contributed by atoms with Crippen molar-refractivity contribution in [2.24, 2.45) is 4.99 Å². The smallest absolute Gasteiger partial charge is 0.124 e. The SMILES string of the molecule is CN=Cc1cc(-c2ccc(Cn3cnc4ccccc43)cc2)ccc1O. The Morgan fingerprint density at radius 2 is 1.77 bits per heavy atom. The van der Waals surface area contributed by atoms with E-state index in [0.29, 0.717) is 0 Å². The van der Waals surface area contributed by atoms with Gasteiger partial charge in [-0.2, -0.15) is 0 Å². The van der Waals surface area contributed by atoms with Crippen LogP contribution in [0.5, 0.6) is 5.75 Å². The van der Waals surface area contributed by atoms with Gasteiger partial charge >= 0.3 is 0 Å². The van der Waals surface area contributed by atoms with E-state index in [2.05, 4.69) is 44.9 Å². The van der Waals surface area contributed by atoms with Crippen molar-refractivity contribution in [3.63, 3.8) is 0 Å². The van der Waals surface area contributed by atoms with Crippen LogP contribution in [0.4, 0.5) is 0 Å². The van der Waals surface area contributed by atoms with E-state index in [4.69, 9.17) is 0 Å². The van der Waals surface area contributed by atoms with Gasteiger partial charge in [-0.1, -0.05) is 42.5 Å². The number of aromatic nitrogens is 2. The van der Waals surface area contributed by atoms with Gasteiger partial charge in [-0.25, -0.2) is 4.98 Å². The maximum Gasteiger partial charge on any atom is 0.124 e. The molecular weight excluding hydrogens is 322 g/mol. The number of fused-ring (bicyclic) bond motifs is 1. The van der Waals surface area contributed by atoms with E-state index in [9.17, 15) is 5.11 Å². The zero-order chi connectivity index (χ0) is 17.9. The van der Waals surface area contributed by atoms with Gasteiger partial charge in [0.2, 0.25) is 0 Å². The topological polar surface area (TPSA) is 50.4 Å². The first kappa shape index (κ1) is 16.1. The molecule has 4 heteroatoms. The second-order valence-electron chi connectivity index (χ2n) is 6.22. The number of imidazole rings is 1. The highest BCUT2D eigenvalue weighted by atomic mass is 16.3. The number of benzene rings is 3. The summed E-state index contributed by atoms with van der Waals surface area (Å²) in [5.41, 5.74) is 6.24. The molecule has 1 heterocycles. The van der Waals surface area contributed by atoms with Gasteiger partial charge in [-0.15, -0.1) is 0 Å². The van der Waals surface area contributed by atoms with Crippen molar-refractivity contribution in [2.45, 2.75) is 6.54 Å². The van der Waals surface area contributed by atoms with E-state index in [0.717, 1.165) is 34.3 Å². The Balaban J connectivity index is 1.60. The molecule has 128 valence electrons. The molecule has 4 rings (SSSR count). The van der Waals surface area contributed by atoms with E-state index in [1.54, 1.807) is 19.3 Å². The van der Waals surface area contributed by atoms with Gasteiger partial charge in [-0.3, -0.25) is 4.99 Å². The molecule has 0 unspecified atom stereocenters. The second-order valence-corrected chi connectivity index (χ2v) is 6.22. The van der Waals surface area contributed by atoms with Gasteiger partial charge in [0, 0.05) is 25.4 Å². The van der Waals surface area contributed by atoms with Crippen LogP contribution < -0.4 is 0 Å². The average molecular weight is 341 g/mol. The van der Waals surface area contributed by atoms with Crippen molar-refractivity contribution in [2.75, 3.05) is 7.05 Å². The minimum atomic E-state index is 0.239. The number of aromatic hydroxyl groups is 1. The molecule has 4 aromatic rings. The molecule has 0 aliphatic heterocycles. The predicted molar refractivity (Wildman–Crippen MR) is 106 cm³/mol. The van der Waals surface area contributed by atoms with Crippen LogP contribution in [0.25, 0.3) is 22.2 Å². The lowest BCUT2D eigenvalue weighted by atomic mass is 10.0. The summed E-state index contributed by atoms with van der Waals surface area (Å²) in [7, 11) is 1.70. The largest absolute Gasteiger partial charge is 0.507 e. The highest BCUT2D eigenvalue weighted by molar-refractivity contribution is 5.86. The summed E-state index contributed by atoms with van der Waals surface area (Å²) >= 11 is 0. The predicted octanol–water partition coefficient (Wildman–Crippen LogP) is 4.51. The maximum absolute atomic E-state index is 9.89. The molecule has 0 spiro atoms. The van der Waals surface area contributed by atoms with Gasteiger partial charge in [0.1, 0.15) is 5.75 Å². The first-order valence-electron chi connectivity index (χ1n) is 8.49. The number of nitrogens with zero attached hydrogens (tertiary/aromatic N) is 3. The summed E-state index contributed by atoms with van der Waals surface area (Å²) < 4.78 is 2.15. The van der Waals surface area contributed by atoms with Gasteiger partial charge in [0.15, 0.2) is 0 Å². The van der Waals surface area contributed by atoms with Crippen molar-refractivity contribution >= 4 is 17.2 Å². The van der Waals surface area contributed by atoms with Crippen molar-refractivity contribution < 1.29 is 5.11 Å². The summed E-state index contributed by atoms with van der Waals surface area (Å²) in [6.45, 7) is 0.782. The molecule has 1 N–H and O–H groups in total. The Labute approximate surface area is 152 Å². The lowest BCUT2D eigenvalue weighted by Gasteiger charge is -2.08. The van der Waals surface area contributed by atoms with Crippen LogP contribution in [0.15, 0.2) is 78.0 Å². The molecule has 26 heavy (non-hydrogen) atoms. The fraction of sp³-hybridized carbons (Fsp3) is 0.0909. The van der Waals surface area contributed by atoms with Crippen molar-refractivity contribution in [3.05, 3.63) is 84.2 Å². The van der Waals surface area contributed by atoms with E-state index in [1.165, 1.54) is 5.56 Å². The summed E-state index contributed by atoms with van der Waals surface area (Å²) in [5, 5.41) is 9.89. The standard InChI is InChI=1S/C22H19N3O/c1-23-13-19-12-18(10-11-22(19)26)17-8-6-16(7-9-17)14-25-15-24-20-4-2-3-5-21(20)25/h2-13,15,26H,14H2,1H3. The molecule has 0 bridgehead atoms. The highest BCUT2D eigenvalue weighted by Crippen LogP contribution is 2.25. The molecule has 0 atom stereocenters. The van der Waals surface area contributed by atoms with E-state index >= 15 is 0 Å². The Morgan fingerprint density at radius 3 is 2.58 bits per heavy atom. The number of para-hydroxylation sites is 2. The van der Waals surface area contributed by atoms with Crippen LogP contribution in [-0.2, 0) is 6.54 Å². The number of hydrogen-bond donors (Lipinski definition) is 1. The molecule has 0 saturated heterocycles. The first-order valence-corrected chi connectivity index (χ1v) is 8.49. The van der Waals surface area contributed by atoms with E-state index in [-0.39, 0.29) is 5.75 Å². The number of rotatable bonds is 4. The lowest BCUT2D eigenvalue weighted by molar-refractivity contribution is 0.474. The van der Waals surface area contributed by atoms with Gasteiger partial charge in [0.05, 0.1) is 17.4 Å². The molecule has 4 nitrogen and oxygen atoms in total. The molecular formula is C22H19N3O. The van der Waals surface area contributed by atoms with Crippen LogP contribution in [0.1, 0.15) is 11.1 Å². The van der Waals surface area contributed by atoms with Crippen molar-refractivity contribution in [3.8, 4) is 16.9 Å². The molecule has 0 aliphatic carbocycles. The third-order valence-corrected chi connectivity index (χ3v) is 4.46. The minimum Gasteiger partial charge on any atom is -0.507 e. The van der Waals surface area contributed by atoms with Gasteiger partial charge in [0.25, 0.3) is 0 Å². The van der Waals surface area contributed by atoms with E-state index < -0.39 is 0 Å². The summed E-state index contributed by atoms with van der Waals surface area (Å²) in [6.07, 6.45) is 3.55. The Hall–Kier alpha value is -3.40. The first-order chi connectivity index (χ1) is 12.7. The summed E-state index contributed by atoms with van der Waals surface area (Å²) in [6, 6.07) is 22.2. The second kappa shape index (κ2) is 6.84. The number of phenols is 1.